The predicted molar refractivity (Wildman–Crippen MR) is 86.1 cm³/mol. The van der Waals surface area contributed by atoms with Gasteiger partial charge in [0.25, 0.3) is 5.91 Å². The average molecular weight is 315 g/mol. The third kappa shape index (κ3) is 3.74. The van der Waals surface area contributed by atoms with Crippen LogP contribution in [-0.4, -0.2) is 18.5 Å². The molecule has 3 rings (SSSR count). The van der Waals surface area contributed by atoms with Crippen LogP contribution in [0.15, 0.2) is 35.7 Å². The molecule has 0 unspecified atom stereocenters. The Labute approximate surface area is 133 Å². The summed E-state index contributed by atoms with van der Waals surface area (Å²) >= 11 is 1.50. The molecule has 0 aliphatic heterocycles. The molecule has 114 valence electrons. The van der Waals surface area contributed by atoms with E-state index in [4.69, 9.17) is 4.74 Å². The molecule has 5 heteroatoms. The number of rotatable bonds is 5. The topological polar surface area (TPSA) is 55.4 Å². The van der Waals surface area contributed by atoms with E-state index in [1.807, 2.05) is 29.6 Å². The molecule has 1 aliphatic rings. The molecular formula is C17H17NO3S. The molecule has 0 spiro atoms. The van der Waals surface area contributed by atoms with Crippen molar-refractivity contribution in [3.05, 3.63) is 51.7 Å². The number of esters is 1. The number of benzene rings is 1. The van der Waals surface area contributed by atoms with Crippen LogP contribution in [0.25, 0.3) is 0 Å². The van der Waals surface area contributed by atoms with Crippen molar-refractivity contribution in [3.8, 4) is 0 Å². The van der Waals surface area contributed by atoms with Crippen LogP contribution >= 0.6 is 11.3 Å². The number of hydrogen-bond donors (Lipinski definition) is 1. The monoisotopic (exact) mass is 315 g/mol. The van der Waals surface area contributed by atoms with E-state index in [9.17, 15) is 9.59 Å². The summed E-state index contributed by atoms with van der Waals surface area (Å²) in [6.07, 6.45) is 3.57. The number of amides is 1. The Kier molecular flexibility index (Phi) is 4.53. The minimum atomic E-state index is -0.383. The van der Waals surface area contributed by atoms with Gasteiger partial charge in [0.2, 0.25) is 0 Å². The highest BCUT2D eigenvalue weighted by molar-refractivity contribution is 7.10. The fourth-order valence-corrected chi connectivity index (χ4v) is 3.29. The Balaban J connectivity index is 1.47. The maximum atomic E-state index is 11.8. The summed E-state index contributed by atoms with van der Waals surface area (Å²) < 4.78 is 5.00. The van der Waals surface area contributed by atoms with E-state index in [0.717, 1.165) is 23.4 Å². The summed E-state index contributed by atoms with van der Waals surface area (Å²) in [4.78, 5) is 24.4. The van der Waals surface area contributed by atoms with E-state index in [2.05, 4.69) is 11.4 Å². The molecule has 2 aromatic rings. The lowest BCUT2D eigenvalue weighted by molar-refractivity contribution is -0.146. The van der Waals surface area contributed by atoms with Gasteiger partial charge in [-0.15, -0.1) is 11.3 Å². The summed E-state index contributed by atoms with van der Waals surface area (Å²) in [6.45, 7) is -0.249. The van der Waals surface area contributed by atoms with Crippen LogP contribution in [0.3, 0.4) is 0 Å². The number of nitrogens with one attached hydrogen (secondary N) is 1. The van der Waals surface area contributed by atoms with Gasteiger partial charge in [0.1, 0.15) is 0 Å². The number of ether oxygens (including phenoxy) is 1. The lowest BCUT2D eigenvalue weighted by atomic mass is 10.1. The van der Waals surface area contributed by atoms with E-state index in [1.165, 1.54) is 28.9 Å². The number of thiophene rings is 1. The fourth-order valence-electron chi connectivity index (χ4n) is 2.60. The summed E-state index contributed by atoms with van der Waals surface area (Å²) in [6, 6.07) is 9.72. The highest BCUT2D eigenvalue weighted by atomic mass is 32.1. The molecule has 1 aromatic carbocycles. The average Bonchev–Trinajstić information content (AvgIpc) is 3.15. The molecule has 0 radical (unpaired) electrons. The van der Waals surface area contributed by atoms with Gasteiger partial charge < -0.3 is 10.1 Å². The number of aryl methyl sites for hydroxylation is 2. The van der Waals surface area contributed by atoms with E-state index < -0.39 is 0 Å². The molecule has 4 nitrogen and oxygen atoms in total. The van der Waals surface area contributed by atoms with Gasteiger partial charge in [-0.3, -0.25) is 9.59 Å². The number of anilines is 1. The van der Waals surface area contributed by atoms with Crippen LogP contribution in [0.1, 0.15) is 22.4 Å². The maximum absolute atomic E-state index is 11.8. The van der Waals surface area contributed by atoms with Crippen LogP contribution in [0, 0.1) is 0 Å². The Morgan fingerprint density at radius 2 is 2.05 bits per heavy atom. The second kappa shape index (κ2) is 6.75. The van der Waals surface area contributed by atoms with E-state index in [1.54, 1.807) is 0 Å². The van der Waals surface area contributed by atoms with Crippen molar-refractivity contribution in [1.82, 2.24) is 0 Å². The van der Waals surface area contributed by atoms with Crippen LogP contribution in [-0.2, 0) is 33.6 Å². The zero-order chi connectivity index (χ0) is 15.4. The second-order valence-corrected chi connectivity index (χ2v) is 6.33. The van der Waals surface area contributed by atoms with E-state index in [0.29, 0.717) is 0 Å². The summed E-state index contributed by atoms with van der Waals surface area (Å²) in [5.74, 6) is -0.691. The Hall–Kier alpha value is -2.14. The van der Waals surface area contributed by atoms with Gasteiger partial charge in [-0.2, -0.15) is 0 Å². The van der Waals surface area contributed by atoms with Gasteiger partial charge in [0, 0.05) is 10.6 Å². The summed E-state index contributed by atoms with van der Waals surface area (Å²) in [7, 11) is 0. The summed E-state index contributed by atoms with van der Waals surface area (Å²) in [5.41, 5.74) is 3.42. The van der Waals surface area contributed by atoms with Crippen molar-refractivity contribution in [2.75, 3.05) is 11.9 Å². The van der Waals surface area contributed by atoms with Crippen LogP contribution in [0.2, 0.25) is 0 Å². The molecule has 1 N–H and O–H groups in total. The molecule has 1 amide bonds. The van der Waals surface area contributed by atoms with Crippen molar-refractivity contribution < 1.29 is 14.3 Å². The Morgan fingerprint density at radius 1 is 1.18 bits per heavy atom. The minimum Gasteiger partial charge on any atom is -0.455 e. The fraction of sp³-hybridized carbons (Fsp3) is 0.294. The Morgan fingerprint density at radius 3 is 2.86 bits per heavy atom. The molecule has 0 saturated heterocycles. The molecule has 1 heterocycles. The molecule has 1 aliphatic carbocycles. The molecule has 0 atom stereocenters. The van der Waals surface area contributed by atoms with Gasteiger partial charge in [-0.05, 0) is 54.0 Å². The first-order valence-electron chi connectivity index (χ1n) is 7.30. The second-order valence-electron chi connectivity index (χ2n) is 5.30. The smallest absolute Gasteiger partial charge is 0.311 e. The highest BCUT2D eigenvalue weighted by Crippen LogP contribution is 2.24. The van der Waals surface area contributed by atoms with Crippen molar-refractivity contribution >= 4 is 28.9 Å². The van der Waals surface area contributed by atoms with Crippen LogP contribution < -0.4 is 5.32 Å². The van der Waals surface area contributed by atoms with Gasteiger partial charge in [-0.25, -0.2) is 0 Å². The maximum Gasteiger partial charge on any atom is 0.311 e. The molecule has 0 saturated carbocycles. The lowest BCUT2D eigenvalue weighted by Gasteiger charge is -2.08. The third-order valence-electron chi connectivity index (χ3n) is 3.65. The largest absolute Gasteiger partial charge is 0.455 e. The molecule has 0 fully saturated rings. The van der Waals surface area contributed by atoms with Gasteiger partial charge in [0.15, 0.2) is 6.61 Å². The van der Waals surface area contributed by atoms with Crippen molar-refractivity contribution in [1.29, 1.82) is 0 Å². The molecule has 1 aromatic heterocycles. The number of carbonyl (C=O) groups is 2. The predicted octanol–water partition coefficient (Wildman–Crippen LogP) is 2.96. The van der Waals surface area contributed by atoms with Gasteiger partial charge >= 0.3 is 5.97 Å². The van der Waals surface area contributed by atoms with Gasteiger partial charge in [0.05, 0.1) is 6.42 Å². The number of hydrogen-bond acceptors (Lipinski definition) is 4. The minimum absolute atomic E-state index is 0.212. The van der Waals surface area contributed by atoms with Crippen LogP contribution in [0.5, 0.6) is 0 Å². The first-order valence-corrected chi connectivity index (χ1v) is 8.18. The first kappa shape index (κ1) is 14.8. The molecular weight excluding hydrogens is 298 g/mol. The standard InChI is InChI=1S/C17H17NO3S/c19-16(11-21-17(20)10-15-5-2-8-22-15)18-14-7-6-12-3-1-4-13(12)9-14/h2,5-9H,1,3-4,10-11H2,(H,18,19). The zero-order valence-corrected chi connectivity index (χ0v) is 12.9. The zero-order valence-electron chi connectivity index (χ0n) is 12.1. The normalized spacial score (nSPS) is 12.7. The van der Waals surface area contributed by atoms with Crippen molar-refractivity contribution in [2.45, 2.75) is 25.7 Å². The third-order valence-corrected chi connectivity index (χ3v) is 4.52. The quantitative estimate of drug-likeness (QED) is 0.863. The summed E-state index contributed by atoms with van der Waals surface area (Å²) in [5, 5.41) is 4.68. The first-order chi connectivity index (χ1) is 10.7. The van der Waals surface area contributed by atoms with Crippen molar-refractivity contribution in [2.24, 2.45) is 0 Å². The van der Waals surface area contributed by atoms with Crippen LogP contribution in [0.4, 0.5) is 5.69 Å². The molecule has 22 heavy (non-hydrogen) atoms. The Bertz CT molecular complexity index is 679. The van der Waals surface area contributed by atoms with E-state index >= 15 is 0 Å². The SMILES string of the molecule is O=C(COC(=O)Cc1cccs1)Nc1ccc2c(c1)CCC2. The molecule has 0 bridgehead atoms. The van der Waals surface area contributed by atoms with E-state index in [-0.39, 0.29) is 24.9 Å². The highest BCUT2D eigenvalue weighted by Gasteiger charge is 2.13. The number of fused-ring (bicyclic) bond motifs is 1. The van der Waals surface area contributed by atoms with Crippen molar-refractivity contribution in [3.63, 3.8) is 0 Å². The van der Waals surface area contributed by atoms with Gasteiger partial charge in [-0.1, -0.05) is 12.1 Å². The number of carbonyl (C=O) groups excluding carboxylic acids is 2. The lowest BCUT2D eigenvalue weighted by Crippen LogP contribution is -2.21.